The summed E-state index contributed by atoms with van der Waals surface area (Å²) < 4.78 is 32.4. The van der Waals surface area contributed by atoms with Crippen LogP contribution >= 0.6 is 15.9 Å². The lowest BCUT2D eigenvalue weighted by Gasteiger charge is -2.37. The molecule has 260 valence electrons. The molecule has 1 aliphatic carbocycles. The highest BCUT2D eigenvalue weighted by atomic mass is 79.9. The van der Waals surface area contributed by atoms with Crippen LogP contribution in [0.5, 0.6) is 0 Å². The summed E-state index contributed by atoms with van der Waals surface area (Å²) in [6.45, 7) is 6.05. The number of piperidine rings is 1. The summed E-state index contributed by atoms with van der Waals surface area (Å²) in [6, 6.07) is 9.84. The molecule has 0 atom stereocenters. The topological polar surface area (TPSA) is 146 Å². The van der Waals surface area contributed by atoms with E-state index in [0.717, 1.165) is 89.9 Å². The number of hydrogen-bond acceptors (Lipinski definition) is 9. The first kappa shape index (κ1) is 37.0. The Morgan fingerprint density at radius 1 is 1.06 bits per heavy atom. The summed E-state index contributed by atoms with van der Waals surface area (Å²) in [5.74, 6) is -1.97. The number of anilines is 1. The molecule has 2 aliphatic heterocycles. The number of carboxylic acids is 1. The summed E-state index contributed by atoms with van der Waals surface area (Å²) in [5, 5.41) is 18.3. The van der Waals surface area contributed by atoms with E-state index in [4.69, 9.17) is 9.90 Å². The second-order valence-electron chi connectivity index (χ2n) is 12.3. The number of likely N-dealkylation sites (N-methyl/N-ethyl adjacent to an activating group) is 1. The summed E-state index contributed by atoms with van der Waals surface area (Å²) in [5.41, 5.74) is 4.75. The van der Waals surface area contributed by atoms with E-state index in [-0.39, 0.29) is 23.7 Å². The van der Waals surface area contributed by atoms with Crippen LogP contribution in [0.15, 0.2) is 34.9 Å². The summed E-state index contributed by atoms with van der Waals surface area (Å²) in [6.07, 6.45) is 3.44. The lowest BCUT2D eigenvalue weighted by Crippen LogP contribution is -2.50. The van der Waals surface area contributed by atoms with E-state index in [1.165, 1.54) is 6.42 Å². The van der Waals surface area contributed by atoms with Gasteiger partial charge in [-0.2, -0.15) is 23.4 Å². The average molecular weight is 738 g/mol. The minimum Gasteiger partial charge on any atom is -0.475 e. The monoisotopic (exact) mass is 736 g/mol. The van der Waals surface area contributed by atoms with Crippen molar-refractivity contribution in [2.24, 2.45) is 5.92 Å². The first-order valence-electron chi connectivity index (χ1n) is 16.0. The molecular weight excluding hydrogens is 697 g/mol. The van der Waals surface area contributed by atoms with Crippen LogP contribution in [0.3, 0.4) is 0 Å². The highest BCUT2D eigenvalue weighted by molar-refractivity contribution is 9.10. The number of amides is 2. The van der Waals surface area contributed by atoms with E-state index in [2.05, 4.69) is 54.2 Å². The van der Waals surface area contributed by atoms with E-state index in [9.17, 15) is 28.0 Å². The molecule has 3 fully saturated rings. The van der Waals surface area contributed by atoms with Gasteiger partial charge in [-0.05, 0) is 79.4 Å². The Morgan fingerprint density at radius 3 is 2.31 bits per heavy atom. The number of rotatable bonds is 7. The molecule has 5 rings (SSSR count). The number of nitrogens with one attached hydrogen (secondary N) is 1. The smallest absolute Gasteiger partial charge is 0.475 e. The Morgan fingerprint density at radius 2 is 1.71 bits per heavy atom. The van der Waals surface area contributed by atoms with Gasteiger partial charge in [-0.15, -0.1) is 0 Å². The van der Waals surface area contributed by atoms with Crippen molar-refractivity contribution < 1.29 is 32.7 Å². The fourth-order valence-corrected chi connectivity index (χ4v) is 6.49. The molecule has 0 bridgehead atoms. The van der Waals surface area contributed by atoms with Gasteiger partial charge in [0.1, 0.15) is 6.07 Å². The summed E-state index contributed by atoms with van der Waals surface area (Å²) in [7, 11) is 2.11. The largest absolute Gasteiger partial charge is 0.490 e. The maximum atomic E-state index is 13.5. The number of carbonyl (C=O) groups is 3. The molecule has 3 heterocycles. The minimum absolute atomic E-state index is 0.0641. The molecule has 1 saturated carbocycles. The van der Waals surface area contributed by atoms with Crippen molar-refractivity contribution in [2.45, 2.75) is 63.7 Å². The van der Waals surface area contributed by atoms with Crippen LogP contribution in [0.2, 0.25) is 0 Å². The van der Waals surface area contributed by atoms with Gasteiger partial charge in [0.25, 0.3) is 5.91 Å². The molecule has 1 aromatic carbocycles. The Labute approximate surface area is 286 Å². The van der Waals surface area contributed by atoms with E-state index >= 15 is 0 Å². The molecule has 2 amide bonds. The number of likely N-dealkylation sites (tertiary alicyclic amines) is 1. The molecule has 48 heavy (non-hydrogen) atoms. The van der Waals surface area contributed by atoms with Crippen LogP contribution in [0.4, 0.5) is 19.0 Å². The van der Waals surface area contributed by atoms with Crippen molar-refractivity contribution >= 4 is 39.5 Å². The van der Waals surface area contributed by atoms with E-state index in [1.807, 2.05) is 34.2 Å². The lowest BCUT2D eigenvalue weighted by atomic mass is 9.94. The molecule has 2 aromatic rings. The number of aliphatic carboxylic acids is 1. The molecule has 0 unspecified atom stereocenters. The quantitative estimate of drug-likeness (QED) is 0.397. The number of benzene rings is 1. The van der Waals surface area contributed by atoms with Crippen molar-refractivity contribution in [3.63, 3.8) is 0 Å². The Balaban J connectivity index is 0.000000671. The minimum atomic E-state index is -5.08. The number of nitriles is 1. The first-order chi connectivity index (χ1) is 22.8. The van der Waals surface area contributed by atoms with Crippen molar-refractivity contribution in [1.29, 1.82) is 5.26 Å². The van der Waals surface area contributed by atoms with Gasteiger partial charge in [-0.1, -0.05) is 31.4 Å². The Hall–Kier alpha value is -3.81. The molecular formula is C32H40BrF3N8O4. The van der Waals surface area contributed by atoms with Crippen molar-refractivity contribution in [1.82, 2.24) is 30.1 Å². The van der Waals surface area contributed by atoms with Gasteiger partial charge in [0.05, 0.1) is 10.5 Å². The number of carboxylic acid groups (broad SMARTS) is 1. The second-order valence-corrected chi connectivity index (χ2v) is 13.1. The van der Waals surface area contributed by atoms with E-state index < -0.39 is 12.1 Å². The average Bonchev–Trinajstić information content (AvgIpc) is 3.08. The third-order valence-electron chi connectivity index (χ3n) is 8.81. The predicted molar refractivity (Wildman–Crippen MR) is 173 cm³/mol. The van der Waals surface area contributed by atoms with Gasteiger partial charge in [-0.3, -0.25) is 24.9 Å². The fraction of sp³-hybridized carbons (Fsp3) is 0.562. The predicted octanol–water partition coefficient (Wildman–Crippen LogP) is 4.21. The zero-order valence-electron chi connectivity index (χ0n) is 26.8. The van der Waals surface area contributed by atoms with Crippen molar-refractivity contribution in [2.75, 3.05) is 51.3 Å². The van der Waals surface area contributed by atoms with Gasteiger partial charge in [0.15, 0.2) is 5.82 Å². The van der Waals surface area contributed by atoms with Gasteiger partial charge in [0.2, 0.25) is 11.7 Å². The number of hydrogen-bond donors (Lipinski definition) is 2. The van der Waals surface area contributed by atoms with Crippen LogP contribution in [-0.2, 0) is 16.1 Å². The van der Waals surface area contributed by atoms with Gasteiger partial charge < -0.3 is 14.9 Å². The molecule has 3 aliphatic rings. The summed E-state index contributed by atoms with van der Waals surface area (Å²) in [4.78, 5) is 50.6. The number of alkyl halides is 3. The van der Waals surface area contributed by atoms with Crippen LogP contribution in [-0.4, -0.2) is 106 Å². The maximum Gasteiger partial charge on any atom is 0.490 e. The number of piperazine rings is 1. The first-order valence-corrected chi connectivity index (χ1v) is 16.8. The third kappa shape index (κ3) is 10.3. The molecule has 2 N–H and O–H groups in total. The molecule has 1 aromatic heterocycles. The van der Waals surface area contributed by atoms with E-state index in [0.29, 0.717) is 21.8 Å². The Kier molecular flexibility index (Phi) is 13.1. The number of nitrogens with zero attached hydrogens (tertiary/aromatic N) is 7. The number of carbonyl (C=O) groups excluding carboxylic acids is 2. The molecule has 0 spiro atoms. The van der Waals surface area contributed by atoms with Crippen LogP contribution in [0, 0.1) is 17.2 Å². The Bertz CT molecular complexity index is 1470. The second kappa shape index (κ2) is 17.0. The van der Waals surface area contributed by atoms with Gasteiger partial charge >= 0.3 is 12.1 Å². The SMILES string of the molecule is CN1CCN(C(=O)C2CCN(Cc3cccc(C(=O)NN(c4nc(C#N)ncc4Br)C4CCCCC4)c3)CC2)CC1.O=C(O)C(F)(F)F. The lowest BCUT2D eigenvalue weighted by molar-refractivity contribution is -0.192. The summed E-state index contributed by atoms with van der Waals surface area (Å²) >= 11 is 3.52. The number of hydrazine groups is 1. The maximum absolute atomic E-state index is 13.5. The van der Waals surface area contributed by atoms with Crippen LogP contribution < -0.4 is 10.4 Å². The number of halogens is 4. The number of aromatic nitrogens is 2. The van der Waals surface area contributed by atoms with Crippen molar-refractivity contribution in [3.8, 4) is 6.07 Å². The molecule has 2 saturated heterocycles. The fourth-order valence-electron chi connectivity index (χ4n) is 6.10. The third-order valence-corrected chi connectivity index (χ3v) is 9.36. The van der Waals surface area contributed by atoms with Gasteiger partial charge in [-0.25, -0.2) is 9.78 Å². The molecule has 16 heteroatoms. The zero-order valence-corrected chi connectivity index (χ0v) is 28.3. The van der Waals surface area contributed by atoms with Crippen LogP contribution in [0.1, 0.15) is 66.7 Å². The normalized spacial score (nSPS) is 18.3. The molecule has 0 radical (unpaired) electrons. The van der Waals surface area contributed by atoms with Crippen molar-refractivity contribution in [3.05, 3.63) is 51.9 Å². The highest BCUT2D eigenvalue weighted by Crippen LogP contribution is 2.30. The standard InChI is InChI=1S/C30H39BrN8O2.C2HF3O2/c1-36-14-16-38(17-15-36)30(41)23-10-12-37(13-11-23)21-22-6-5-7-24(18-22)29(40)35-39(25-8-3-2-4-9-25)28-26(31)20-33-27(19-32)34-28;3-2(4,5)1(6)7/h5-7,18,20,23,25H,2-4,8-17,21H2,1H3,(H,35,40);(H,6,7). The highest BCUT2D eigenvalue weighted by Gasteiger charge is 2.38. The van der Waals surface area contributed by atoms with Crippen LogP contribution in [0.25, 0.3) is 0 Å². The van der Waals surface area contributed by atoms with E-state index in [1.54, 1.807) is 6.20 Å². The molecule has 12 nitrogen and oxygen atoms in total. The van der Waals surface area contributed by atoms with Gasteiger partial charge in [0, 0.05) is 50.4 Å². The zero-order chi connectivity index (χ0) is 34.8.